The first-order valence-corrected chi connectivity index (χ1v) is 7.15. The maximum absolute atomic E-state index is 3.58. The Bertz CT molecular complexity index is 802. The van der Waals surface area contributed by atoms with Crippen molar-refractivity contribution in [2.45, 2.75) is 0 Å². The summed E-state index contributed by atoms with van der Waals surface area (Å²) in [7, 11) is 0. The predicted molar refractivity (Wildman–Crippen MR) is 85.9 cm³/mol. The molecule has 0 saturated carbocycles. The first kappa shape index (κ1) is 12.1. The van der Waals surface area contributed by atoms with E-state index in [1.165, 1.54) is 33.6 Å². The van der Waals surface area contributed by atoms with E-state index in [1.807, 2.05) is 6.07 Å². The van der Waals surface area contributed by atoms with Gasteiger partial charge in [0.05, 0.1) is 11.1 Å². The summed E-state index contributed by atoms with van der Waals surface area (Å²) in [5, 5.41) is 3.58. The van der Waals surface area contributed by atoms with E-state index >= 15 is 0 Å². The molecule has 99 valence electrons. The van der Waals surface area contributed by atoms with Gasteiger partial charge in [-0.15, -0.1) is 5.32 Å². The summed E-state index contributed by atoms with van der Waals surface area (Å²) in [6, 6.07) is 29.6. The van der Waals surface area contributed by atoms with E-state index in [0.29, 0.717) is 0 Å². The van der Waals surface area contributed by atoms with Crippen molar-refractivity contribution in [1.29, 1.82) is 0 Å². The average molecular weight is 269 g/mol. The second kappa shape index (κ2) is 5.04. The minimum absolute atomic E-state index is 1.18. The molecule has 0 unspecified atom stereocenters. The molecule has 0 fully saturated rings. The molecule has 3 aromatic rings. The summed E-state index contributed by atoms with van der Waals surface area (Å²) in [6.07, 6.45) is 0. The monoisotopic (exact) mass is 269 g/mol. The van der Waals surface area contributed by atoms with Crippen LogP contribution in [0.4, 0.5) is 5.69 Å². The summed E-state index contributed by atoms with van der Waals surface area (Å²) in [5.74, 6) is 0. The minimum atomic E-state index is 1.18. The van der Waals surface area contributed by atoms with Gasteiger partial charge in [-0.1, -0.05) is 60.7 Å². The minimum Gasteiger partial charge on any atom is -0.109 e. The van der Waals surface area contributed by atoms with Crippen LogP contribution in [0, 0.1) is 0 Å². The Morgan fingerprint density at radius 3 is 1.81 bits per heavy atom. The van der Waals surface area contributed by atoms with Crippen LogP contribution in [-0.2, 0) is 0 Å². The van der Waals surface area contributed by atoms with Gasteiger partial charge < -0.3 is 0 Å². The van der Waals surface area contributed by atoms with Crippen molar-refractivity contribution in [1.82, 2.24) is 0 Å². The van der Waals surface area contributed by atoms with Gasteiger partial charge >= 0.3 is 0 Å². The molecule has 0 spiro atoms. The van der Waals surface area contributed by atoms with E-state index in [-0.39, 0.29) is 0 Å². The second-order valence-corrected chi connectivity index (χ2v) is 5.15. The molecule has 1 nitrogen and oxygen atoms in total. The molecule has 0 bridgehead atoms. The van der Waals surface area contributed by atoms with Crippen molar-refractivity contribution in [3.63, 3.8) is 0 Å². The van der Waals surface area contributed by atoms with E-state index in [2.05, 4.69) is 84.2 Å². The van der Waals surface area contributed by atoms with Gasteiger partial charge in [0, 0.05) is 11.6 Å². The lowest BCUT2D eigenvalue weighted by molar-refractivity contribution is -0.465. The van der Waals surface area contributed by atoms with Crippen LogP contribution in [0.5, 0.6) is 0 Å². The third kappa shape index (κ3) is 2.08. The Morgan fingerprint density at radius 1 is 0.524 bits per heavy atom. The van der Waals surface area contributed by atoms with E-state index in [4.69, 9.17) is 0 Å². The number of fused-ring (bicyclic) bond motifs is 1. The van der Waals surface area contributed by atoms with Gasteiger partial charge in [-0.25, -0.2) is 0 Å². The summed E-state index contributed by atoms with van der Waals surface area (Å²) in [4.78, 5) is 0. The molecule has 1 aliphatic rings. The van der Waals surface area contributed by atoms with Gasteiger partial charge in [0.25, 0.3) is 0 Å². The van der Waals surface area contributed by atoms with E-state index in [0.717, 1.165) is 0 Å². The van der Waals surface area contributed by atoms with Gasteiger partial charge in [0.2, 0.25) is 5.70 Å². The first-order valence-electron chi connectivity index (χ1n) is 7.15. The number of anilines is 1. The smallest absolute Gasteiger partial charge is 0.109 e. The number of hydrogen-bond acceptors (Lipinski definition) is 1. The third-order valence-electron chi connectivity index (χ3n) is 3.83. The van der Waals surface area contributed by atoms with Crippen molar-refractivity contribution in [2.24, 2.45) is 0 Å². The number of benzene rings is 3. The second-order valence-electron chi connectivity index (χ2n) is 5.15. The summed E-state index contributed by atoms with van der Waals surface area (Å²) in [5.41, 5.74) is 7.36. The fourth-order valence-electron chi connectivity index (χ4n) is 2.87. The van der Waals surface area contributed by atoms with Gasteiger partial charge in [-0.2, -0.15) is 0 Å². The molecule has 0 atom stereocenters. The fraction of sp³-hybridized carbons (Fsp3) is 0. The lowest BCUT2D eigenvalue weighted by atomic mass is 9.95. The van der Waals surface area contributed by atoms with Gasteiger partial charge in [0.1, 0.15) is 0 Å². The molecule has 3 aromatic carbocycles. The fourth-order valence-corrected chi connectivity index (χ4v) is 2.87. The molecule has 1 radical (unpaired) electrons. The third-order valence-corrected chi connectivity index (χ3v) is 3.83. The van der Waals surface area contributed by atoms with Crippen LogP contribution < -0.4 is 5.32 Å². The Balaban J connectivity index is 1.97. The summed E-state index contributed by atoms with van der Waals surface area (Å²) >= 11 is 0. The standard InChI is InChI=1S/C20H15N/c1-3-9-15(10-4-1)19-17-13-7-8-14-18(17)21-20(19)16-11-5-2-6-12-16/h1-14,21H/q+1. The highest BCUT2D eigenvalue weighted by Gasteiger charge is 2.31. The number of para-hydroxylation sites is 1. The first-order chi connectivity index (χ1) is 10.4. The van der Waals surface area contributed by atoms with Crippen molar-refractivity contribution in [3.8, 4) is 0 Å². The molecular formula is C20H15N+. The lowest BCUT2D eigenvalue weighted by Gasteiger charge is -2.03. The Morgan fingerprint density at radius 2 is 1.10 bits per heavy atom. The van der Waals surface area contributed by atoms with Crippen LogP contribution >= 0.6 is 0 Å². The van der Waals surface area contributed by atoms with Gasteiger partial charge in [-0.3, -0.25) is 0 Å². The van der Waals surface area contributed by atoms with Crippen LogP contribution in [0.3, 0.4) is 0 Å². The van der Waals surface area contributed by atoms with Crippen LogP contribution in [0.15, 0.2) is 84.9 Å². The maximum Gasteiger partial charge on any atom is 0.200 e. The Kier molecular flexibility index (Phi) is 2.91. The van der Waals surface area contributed by atoms with E-state index < -0.39 is 0 Å². The molecule has 1 N–H and O–H groups in total. The zero-order valence-electron chi connectivity index (χ0n) is 11.6. The number of hydrogen-bond donors (Lipinski definition) is 1. The van der Waals surface area contributed by atoms with Crippen LogP contribution in [-0.4, -0.2) is 0 Å². The molecule has 1 heteroatoms. The molecule has 0 aromatic heterocycles. The highest BCUT2D eigenvalue weighted by molar-refractivity contribution is 6.00. The van der Waals surface area contributed by atoms with Crippen molar-refractivity contribution in [2.75, 3.05) is 0 Å². The molecule has 1 heterocycles. The lowest BCUT2D eigenvalue weighted by Crippen LogP contribution is -2.73. The van der Waals surface area contributed by atoms with Crippen LogP contribution in [0.25, 0.3) is 11.3 Å². The number of rotatable bonds is 2. The van der Waals surface area contributed by atoms with E-state index in [9.17, 15) is 0 Å². The topological polar surface area (TPSA) is 15.6 Å². The molecule has 21 heavy (non-hydrogen) atoms. The van der Waals surface area contributed by atoms with Crippen LogP contribution in [0.1, 0.15) is 16.7 Å². The van der Waals surface area contributed by atoms with Crippen molar-refractivity contribution < 1.29 is 5.32 Å². The zero-order chi connectivity index (χ0) is 14.1. The summed E-state index contributed by atoms with van der Waals surface area (Å²) in [6.45, 7) is 0. The molecule has 1 aliphatic heterocycles. The SMILES string of the molecule is c1ccc(C2=C(c3ccccc3)c3ccccc3[NH+]2)cc1. The van der Waals surface area contributed by atoms with Gasteiger partial charge in [0.15, 0.2) is 5.69 Å². The quantitative estimate of drug-likeness (QED) is 0.731. The highest BCUT2D eigenvalue weighted by atomic mass is 14.9. The normalized spacial score (nSPS) is 13.3. The Hall–Kier alpha value is -2.64. The molecule has 0 amide bonds. The zero-order valence-corrected chi connectivity index (χ0v) is 11.6. The average Bonchev–Trinajstić information content (AvgIpc) is 2.96. The molecular weight excluding hydrogens is 254 g/mol. The highest BCUT2D eigenvalue weighted by Crippen LogP contribution is 2.36. The summed E-state index contributed by atoms with van der Waals surface area (Å²) < 4.78 is 0. The Labute approximate surface area is 124 Å². The van der Waals surface area contributed by atoms with Crippen LogP contribution in [0.2, 0.25) is 0 Å². The molecule has 0 saturated heterocycles. The maximum atomic E-state index is 3.58. The van der Waals surface area contributed by atoms with E-state index in [1.54, 1.807) is 0 Å². The predicted octanol–water partition coefficient (Wildman–Crippen LogP) is 3.60. The van der Waals surface area contributed by atoms with Gasteiger partial charge in [-0.05, 0) is 23.8 Å². The van der Waals surface area contributed by atoms with Crippen molar-refractivity contribution in [3.05, 3.63) is 102 Å². The largest absolute Gasteiger partial charge is 0.200 e. The molecule has 4 rings (SSSR count). The van der Waals surface area contributed by atoms with Crippen molar-refractivity contribution >= 4 is 17.0 Å². The molecule has 0 aliphatic carbocycles. The number of nitrogens with one attached hydrogen (secondary N) is 1.